The van der Waals surface area contributed by atoms with Gasteiger partial charge in [-0.15, -0.1) is 28.2 Å². The second-order valence-electron chi connectivity index (χ2n) is 21.8. The van der Waals surface area contributed by atoms with Crippen molar-refractivity contribution >= 4 is 47.3 Å². The molecule has 5 aromatic rings. The number of thiazole rings is 1. The van der Waals surface area contributed by atoms with Gasteiger partial charge in [0.15, 0.2) is 0 Å². The van der Waals surface area contributed by atoms with Gasteiger partial charge in [0.25, 0.3) is 0 Å². The number of amides is 2. The summed E-state index contributed by atoms with van der Waals surface area (Å²) in [4.78, 5) is 72.4. The molecule has 1 unspecified atom stereocenters. The number of aryl methyl sites for hydroxylation is 2. The largest absolute Gasteiger partial charge is 0.477 e. The van der Waals surface area contributed by atoms with Gasteiger partial charge >= 0.3 is 7.82 Å². The standard InChI is InChI=1S/C54H72N13O9PS2/c1-32(2)46(52(70)66-29-38(68)26-42(66)51(69)60-40(19-25-75-77(71,72)73)35-14-16-36(17-15-35)47-34(4)58-31-78-47)67-30-44(62-64-67)74-24-7-6-22-65-23-9-10-37(13-12-33(3)28-65)49-57-21-18-41(59-49)50-61-53(76-63-50)54(5)20-8-11-43-45(54)39(27-55)48(56)79-43/h14-18,21,30-33,37-38,40,42,46,62,64,68H,6-13,19-20,22-26,28-29,56H2,1-5H3,(H,60,69)(H2,71,72,73)/t33-,37?,38-,40+,42+,46+,54+/m1/s1. The van der Waals surface area contributed by atoms with Crippen LogP contribution in [0.15, 0.2) is 58.6 Å². The van der Waals surface area contributed by atoms with Gasteiger partial charge in [-0.25, -0.2) is 19.5 Å². The van der Waals surface area contributed by atoms with E-state index in [0.717, 1.165) is 110 Å². The van der Waals surface area contributed by atoms with Crippen molar-refractivity contribution in [3.05, 3.63) is 93.1 Å². The highest BCUT2D eigenvalue weighted by Gasteiger charge is 2.45. The molecular weight excluding hydrogens is 1070 g/mol. The predicted molar refractivity (Wildman–Crippen MR) is 297 cm³/mol. The highest BCUT2D eigenvalue weighted by atomic mass is 32.1. The highest BCUT2D eigenvalue weighted by molar-refractivity contribution is 7.46. The number of benzene rings is 1. The van der Waals surface area contributed by atoms with E-state index >= 15 is 0 Å². The van der Waals surface area contributed by atoms with E-state index in [1.165, 1.54) is 27.6 Å². The Hall–Kier alpha value is -5.87. The van der Waals surface area contributed by atoms with Gasteiger partial charge in [-0.3, -0.25) is 24.5 Å². The average Bonchev–Trinajstić information content (AvgIpc) is 4.39. The van der Waals surface area contributed by atoms with Crippen LogP contribution in [0.25, 0.3) is 22.0 Å². The minimum absolute atomic E-state index is 0.0145. The van der Waals surface area contributed by atoms with Gasteiger partial charge in [0.1, 0.15) is 34.7 Å². The van der Waals surface area contributed by atoms with Gasteiger partial charge < -0.3 is 45.0 Å². The van der Waals surface area contributed by atoms with Crippen LogP contribution in [0.3, 0.4) is 0 Å². The molecule has 9 rings (SSSR count). The Kier molecular flexibility index (Phi) is 18.5. The molecule has 8 N–H and O–H groups in total. The third kappa shape index (κ3) is 13.7. The number of hydrogen-bond acceptors (Lipinski definition) is 20. The molecule has 424 valence electrons. The summed E-state index contributed by atoms with van der Waals surface area (Å²) in [5, 5.41) is 30.4. The summed E-state index contributed by atoms with van der Waals surface area (Å²) in [5.41, 5.74) is 18.0. The minimum Gasteiger partial charge on any atom is -0.477 e. The van der Waals surface area contributed by atoms with Crippen LogP contribution in [0, 0.1) is 30.1 Å². The second-order valence-corrected chi connectivity index (χ2v) is 25.1. The van der Waals surface area contributed by atoms with Crippen LogP contribution in [0.4, 0.5) is 5.00 Å². The number of carbonyl (C=O) groups is 2. The van der Waals surface area contributed by atoms with E-state index in [4.69, 9.17) is 34.5 Å². The van der Waals surface area contributed by atoms with Gasteiger partial charge in [0.05, 0.1) is 58.6 Å². The SMILES string of the molecule is Cc1ncsc1-c1ccc([C@H](CCOP(=O)(O)O)NC(=O)[C@@H]2C[C@@H](O)CN2C(=O)[C@H](C(C)C)N2C=C(OCCCCN3CCCC(c4nccc(-c5noc([C@@]6(C)CCCc7sc(N)c(C#N)c76)n5)n4)CC[C@@H](C)C3)NN2)cc1. The highest BCUT2D eigenvalue weighted by Crippen LogP contribution is 2.49. The molecule has 2 fully saturated rings. The number of fused-ring (bicyclic) bond motifs is 1. The maximum atomic E-state index is 14.5. The summed E-state index contributed by atoms with van der Waals surface area (Å²) in [6.45, 7) is 13.0. The number of aromatic nitrogens is 5. The summed E-state index contributed by atoms with van der Waals surface area (Å²) >= 11 is 2.98. The number of β-amino-alcohol motifs (C(OH)–C–C–N with tert-alkyl or cyclic N) is 1. The normalized spacial score (nSPS) is 22.8. The van der Waals surface area contributed by atoms with E-state index in [1.54, 1.807) is 22.9 Å². The Balaban J connectivity index is 0.754. The van der Waals surface area contributed by atoms with Gasteiger partial charge in [0.2, 0.25) is 29.4 Å². The van der Waals surface area contributed by atoms with Gasteiger partial charge in [-0.05, 0) is 120 Å². The summed E-state index contributed by atoms with van der Waals surface area (Å²) in [6.07, 6.45) is 10.9. The number of aliphatic hydroxyl groups excluding tert-OH is 1. The minimum atomic E-state index is -4.78. The van der Waals surface area contributed by atoms with Crippen molar-refractivity contribution in [3.8, 4) is 28.0 Å². The van der Waals surface area contributed by atoms with Crippen LogP contribution in [-0.2, 0) is 35.3 Å². The molecule has 79 heavy (non-hydrogen) atoms. The Morgan fingerprint density at radius 3 is 2.65 bits per heavy atom. The summed E-state index contributed by atoms with van der Waals surface area (Å²) in [6, 6.07) is 9.09. The average molecular weight is 1140 g/mol. The number of hydrazine groups is 2. The topological polar surface area (TPSA) is 304 Å². The number of anilines is 1. The van der Waals surface area contributed by atoms with E-state index in [-0.39, 0.29) is 43.7 Å². The molecule has 0 bridgehead atoms. The predicted octanol–water partition coefficient (Wildman–Crippen LogP) is 6.98. The molecule has 7 heterocycles. The van der Waals surface area contributed by atoms with E-state index in [0.29, 0.717) is 51.9 Å². The van der Waals surface area contributed by atoms with E-state index in [2.05, 4.69) is 51.2 Å². The first-order valence-corrected chi connectivity index (χ1v) is 30.5. The smallest absolute Gasteiger partial charge is 0.469 e. The Morgan fingerprint density at radius 1 is 1.09 bits per heavy atom. The van der Waals surface area contributed by atoms with Crippen molar-refractivity contribution in [1.82, 2.24) is 56.2 Å². The monoisotopic (exact) mass is 1140 g/mol. The Labute approximate surface area is 468 Å². The lowest BCUT2D eigenvalue weighted by molar-refractivity contribution is -0.144. The van der Waals surface area contributed by atoms with Crippen LogP contribution in [0.5, 0.6) is 0 Å². The molecule has 0 spiro atoms. The van der Waals surface area contributed by atoms with Crippen molar-refractivity contribution in [2.75, 3.05) is 45.1 Å². The van der Waals surface area contributed by atoms with Crippen LogP contribution < -0.4 is 22.0 Å². The summed E-state index contributed by atoms with van der Waals surface area (Å²) in [7, 11) is -4.78. The molecule has 2 saturated heterocycles. The number of rotatable bonds is 20. The maximum Gasteiger partial charge on any atom is 0.469 e. The third-order valence-electron chi connectivity index (χ3n) is 15.6. The van der Waals surface area contributed by atoms with Crippen molar-refractivity contribution < 1.29 is 42.8 Å². The number of thiophene rings is 1. The van der Waals surface area contributed by atoms with Crippen LogP contribution >= 0.6 is 30.5 Å². The van der Waals surface area contributed by atoms with E-state index in [1.807, 2.05) is 51.1 Å². The van der Waals surface area contributed by atoms with Gasteiger partial charge in [0, 0.05) is 42.1 Å². The van der Waals surface area contributed by atoms with Gasteiger partial charge in [-0.2, -0.15) is 10.2 Å². The van der Waals surface area contributed by atoms with Crippen molar-refractivity contribution in [3.63, 3.8) is 0 Å². The molecule has 4 aromatic heterocycles. The molecular formula is C54H72N13O9PS2. The van der Waals surface area contributed by atoms with Crippen molar-refractivity contribution in [2.24, 2.45) is 11.8 Å². The number of phosphoric acid groups is 1. The number of aliphatic hydroxyl groups is 1. The fourth-order valence-electron chi connectivity index (χ4n) is 11.5. The molecule has 2 amide bonds. The maximum absolute atomic E-state index is 14.5. The lowest BCUT2D eigenvalue weighted by Crippen LogP contribution is -2.57. The number of phosphoric ester groups is 1. The fourth-order valence-corrected chi connectivity index (χ4v) is 13.9. The molecule has 3 aliphatic heterocycles. The molecule has 25 heteroatoms. The molecule has 0 radical (unpaired) electrons. The fraction of sp³-hybridized carbons (Fsp3) is 0.556. The number of nitrogens with two attached hydrogens (primary N) is 1. The Morgan fingerprint density at radius 2 is 1.90 bits per heavy atom. The first kappa shape index (κ1) is 57.8. The molecule has 0 saturated carbocycles. The number of ether oxygens (including phenoxy) is 1. The van der Waals surface area contributed by atoms with Crippen molar-refractivity contribution in [1.29, 1.82) is 5.26 Å². The number of nitrogen functional groups attached to an aromatic ring is 1. The van der Waals surface area contributed by atoms with Crippen LogP contribution in [-0.4, -0.2) is 124 Å². The zero-order chi connectivity index (χ0) is 56.0. The summed E-state index contributed by atoms with van der Waals surface area (Å²) < 4.78 is 28.4. The number of unbranched alkanes of at least 4 members (excludes halogenated alkanes) is 1. The molecule has 1 aromatic carbocycles. The number of nitrogens with one attached hydrogen (secondary N) is 3. The number of nitrogens with zero attached hydrogens (tertiary/aromatic N) is 9. The quantitative estimate of drug-likeness (QED) is 0.0305. The van der Waals surface area contributed by atoms with Gasteiger partial charge in [-0.1, -0.05) is 50.2 Å². The molecule has 1 aliphatic carbocycles. The van der Waals surface area contributed by atoms with E-state index in [9.17, 15) is 34.3 Å². The van der Waals surface area contributed by atoms with Crippen molar-refractivity contribution in [2.45, 2.75) is 141 Å². The number of carbonyl (C=O) groups excluding carboxylic acids is 2. The first-order valence-electron chi connectivity index (χ1n) is 27.2. The molecule has 4 aliphatic rings. The molecule has 7 atom stereocenters. The number of likely N-dealkylation sites (tertiary alicyclic amines) is 1. The zero-order valence-corrected chi connectivity index (χ0v) is 47.9. The third-order valence-corrected chi connectivity index (χ3v) is 18.1. The first-order chi connectivity index (χ1) is 37.9. The number of nitriles is 1. The van der Waals surface area contributed by atoms with E-state index < -0.39 is 43.4 Å². The summed E-state index contributed by atoms with van der Waals surface area (Å²) in [5.74, 6) is 1.67. The van der Waals surface area contributed by atoms with Crippen LogP contribution in [0.2, 0.25) is 0 Å². The molecule has 22 nitrogen and oxygen atoms in total. The lowest BCUT2D eigenvalue weighted by Gasteiger charge is -2.34. The van der Waals surface area contributed by atoms with Crippen LogP contribution in [0.1, 0.15) is 143 Å². The second kappa shape index (κ2) is 25.3. The lowest BCUT2D eigenvalue weighted by atomic mass is 9.72. The Bertz CT molecular complexity index is 3050. The number of hydrogen-bond donors (Lipinski definition) is 7. The zero-order valence-electron chi connectivity index (χ0n) is 45.3.